The fraction of sp³-hybridized carbons (Fsp3) is 0.278. The SMILES string of the molecule is O=C(CCc1ccccc1Cl)Nc1cccc(N2CCCS2(=O)=O)c1. The van der Waals surface area contributed by atoms with Gasteiger partial charge < -0.3 is 5.32 Å². The average Bonchev–Trinajstić information content (AvgIpc) is 2.93. The Morgan fingerprint density at radius 1 is 1.16 bits per heavy atom. The van der Waals surface area contributed by atoms with Gasteiger partial charge in [0.2, 0.25) is 15.9 Å². The van der Waals surface area contributed by atoms with E-state index in [9.17, 15) is 13.2 Å². The Hall–Kier alpha value is -2.05. The first-order valence-electron chi connectivity index (χ1n) is 8.09. The lowest BCUT2D eigenvalue weighted by atomic mass is 10.1. The maximum absolute atomic E-state index is 12.2. The predicted molar refractivity (Wildman–Crippen MR) is 101 cm³/mol. The van der Waals surface area contributed by atoms with Crippen LogP contribution >= 0.6 is 11.6 Å². The van der Waals surface area contributed by atoms with E-state index < -0.39 is 10.0 Å². The van der Waals surface area contributed by atoms with E-state index in [1.807, 2.05) is 18.2 Å². The molecule has 0 aliphatic carbocycles. The Morgan fingerprint density at radius 2 is 1.96 bits per heavy atom. The first kappa shape index (κ1) is 17.8. The van der Waals surface area contributed by atoms with Crippen LogP contribution in [0.4, 0.5) is 11.4 Å². The standard InChI is InChI=1S/C18H19ClN2O3S/c19-17-8-2-1-5-14(17)9-10-18(22)20-15-6-3-7-16(13-15)21-11-4-12-25(21,23)24/h1-3,5-8,13H,4,9-12H2,(H,20,22). The Bertz CT molecular complexity index is 883. The topological polar surface area (TPSA) is 66.5 Å². The number of benzene rings is 2. The molecule has 2 aromatic carbocycles. The molecular formula is C18H19ClN2O3S. The van der Waals surface area contributed by atoms with E-state index in [1.54, 1.807) is 30.3 Å². The van der Waals surface area contributed by atoms with E-state index in [-0.39, 0.29) is 11.7 Å². The number of carbonyl (C=O) groups is 1. The number of aryl methyl sites for hydroxylation is 1. The molecule has 1 aliphatic rings. The van der Waals surface area contributed by atoms with E-state index in [0.29, 0.717) is 42.2 Å². The van der Waals surface area contributed by atoms with Gasteiger partial charge in [-0.05, 0) is 42.7 Å². The quantitative estimate of drug-likeness (QED) is 0.866. The highest BCUT2D eigenvalue weighted by molar-refractivity contribution is 7.93. The van der Waals surface area contributed by atoms with E-state index in [0.717, 1.165) is 5.56 Å². The van der Waals surface area contributed by atoms with Gasteiger partial charge in [-0.3, -0.25) is 9.10 Å². The minimum Gasteiger partial charge on any atom is -0.326 e. The molecule has 1 aliphatic heterocycles. The van der Waals surface area contributed by atoms with Gasteiger partial charge in [-0.1, -0.05) is 35.9 Å². The lowest BCUT2D eigenvalue weighted by Gasteiger charge is -2.17. The predicted octanol–water partition coefficient (Wildman–Crippen LogP) is 3.45. The number of sulfonamides is 1. The molecule has 0 spiro atoms. The molecule has 132 valence electrons. The van der Waals surface area contributed by atoms with Gasteiger partial charge in [0, 0.05) is 23.7 Å². The van der Waals surface area contributed by atoms with Gasteiger partial charge in [-0.25, -0.2) is 8.42 Å². The van der Waals surface area contributed by atoms with Crippen molar-refractivity contribution in [2.45, 2.75) is 19.3 Å². The largest absolute Gasteiger partial charge is 0.326 e. The average molecular weight is 379 g/mol. The zero-order valence-corrected chi connectivity index (χ0v) is 15.2. The summed E-state index contributed by atoms with van der Waals surface area (Å²) >= 11 is 6.09. The minimum atomic E-state index is -3.23. The van der Waals surface area contributed by atoms with Gasteiger partial charge in [0.15, 0.2) is 0 Å². The second-order valence-corrected chi connectivity index (χ2v) is 8.35. The summed E-state index contributed by atoms with van der Waals surface area (Å²) in [4.78, 5) is 12.2. The van der Waals surface area contributed by atoms with E-state index in [4.69, 9.17) is 11.6 Å². The van der Waals surface area contributed by atoms with Crippen molar-refractivity contribution in [1.29, 1.82) is 0 Å². The molecule has 25 heavy (non-hydrogen) atoms. The second-order valence-electron chi connectivity index (χ2n) is 5.93. The molecular weight excluding hydrogens is 360 g/mol. The number of amides is 1. The molecule has 1 amide bonds. The van der Waals surface area contributed by atoms with E-state index >= 15 is 0 Å². The maximum Gasteiger partial charge on any atom is 0.235 e. The molecule has 7 heteroatoms. The number of halogens is 1. The minimum absolute atomic E-state index is 0.138. The van der Waals surface area contributed by atoms with Crippen LogP contribution in [0.25, 0.3) is 0 Å². The summed E-state index contributed by atoms with van der Waals surface area (Å²) in [6, 6.07) is 14.4. The second kappa shape index (κ2) is 7.45. The smallest absolute Gasteiger partial charge is 0.235 e. The van der Waals surface area contributed by atoms with Crippen LogP contribution in [0.3, 0.4) is 0 Å². The highest BCUT2D eigenvalue weighted by Crippen LogP contribution is 2.26. The zero-order chi connectivity index (χ0) is 17.9. The monoisotopic (exact) mass is 378 g/mol. The number of carbonyl (C=O) groups excluding carboxylic acids is 1. The summed E-state index contributed by atoms with van der Waals surface area (Å²) in [5.41, 5.74) is 2.10. The van der Waals surface area contributed by atoms with Crippen LogP contribution in [-0.4, -0.2) is 26.6 Å². The van der Waals surface area contributed by atoms with Gasteiger partial charge in [0.05, 0.1) is 11.4 Å². The molecule has 0 unspecified atom stereocenters. The summed E-state index contributed by atoms with van der Waals surface area (Å²) in [5.74, 6) is 0.0304. The molecule has 1 heterocycles. The van der Waals surface area contributed by atoms with Gasteiger partial charge in [-0.15, -0.1) is 0 Å². The molecule has 1 fully saturated rings. The fourth-order valence-electron chi connectivity index (χ4n) is 2.84. The van der Waals surface area contributed by atoms with Crippen LogP contribution in [0.5, 0.6) is 0 Å². The highest BCUT2D eigenvalue weighted by atomic mass is 35.5. The zero-order valence-electron chi connectivity index (χ0n) is 13.6. The van der Waals surface area contributed by atoms with Crippen LogP contribution in [0, 0.1) is 0 Å². The molecule has 0 aromatic heterocycles. The van der Waals surface area contributed by atoms with Crippen molar-refractivity contribution < 1.29 is 13.2 Å². The first-order valence-corrected chi connectivity index (χ1v) is 10.1. The third-order valence-corrected chi connectivity index (χ3v) is 6.33. The third kappa shape index (κ3) is 4.32. The van der Waals surface area contributed by atoms with E-state index in [1.165, 1.54) is 4.31 Å². The molecule has 0 bridgehead atoms. The third-order valence-electron chi connectivity index (χ3n) is 4.10. The Kier molecular flexibility index (Phi) is 5.30. The number of nitrogens with zero attached hydrogens (tertiary/aromatic N) is 1. The van der Waals surface area contributed by atoms with Gasteiger partial charge in [-0.2, -0.15) is 0 Å². The van der Waals surface area contributed by atoms with Crippen molar-refractivity contribution in [2.24, 2.45) is 0 Å². The number of rotatable bonds is 5. The molecule has 0 saturated carbocycles. The van der Waals surface area contributed by atoms with Gasteiger partial charge in [0.1, 0.15) is 0 Å². The Morgan fingerprint density at radius 3 is 2.68 bits per heavy atom. The van der Waals surface area contributed by atoms with Crippen molar-refractivity contribution in [3.63, 3.8) is 0 Å². The van der Waals surface area contributed by atoms with Crippen LogP contribution in [-0.2, 0) is 21.2 Å². The molecule has 5 nitrogen and oxygen atoms in total. The highest BCUT2D eigenvalue weighted by Gasteiger charge is 2.28. The number of anilines is 2. The Balaban J connectivity index is 1.64. The molecule has 1 N–H and O–H groups in total. The van der Waals surface area contributed by atoms with Crippen molar-refractivity contribution in [2.75, 3.05) is 21.9 Å². The van der Waals surface area contributed by atoms with Crippen LogP contribution in [0.1, 0.15) is 18.4 Å². The summed E-state index contributed by atoms with van der Waals surface area (Å²) in [7, 11) is -3.23. The summed E-state index contributed by atoms with van der Waals surface area (Å²) in [6.07, 6.45) is 1.47. The normalized spacial score (nSPS) is 16.0. The summed E-state index contributed by atoms with van der Waals surface area (Å²) in [5, 5.41) is 3.47. The summed E-state index contributed by atoms with van der Waals surface area (Å²) in [6.45, 7) is 0.478. The van der Waals surface area contributed by atoms with Crippen molar-refractivity contribution in [3.05, 3.63) is 59.1 Å². The number of hydrogen-bond donors (Lipinski definition) is 1. The maximum atomic E-state index is 12.2. The lowest BCUT2D eigenvalue weighted by Crippen LogP contribution is -2.25. The number of nitrogens with one attached hydrogen (secondary N) is 1. The lowest BCUT2D eigenvalue weighted by molar-refractivity contribution is -0.116. The summed E-state index contributed by atoms with van der Waals surface area (Å²) < 4.78 is 25.4. The molecule has 2 aromatic rings. The molecule has 0 radical (unpaired) electrons. The van der Waals surface area contributed by atoms with Crippen LogP contribution < -0.4 is 9.62 Å². The molecule has 3 rings (SSSR count). The van der Waals surface area contributed by atoms with Gasteiger partial charge in [0.25, 0.3) is 0 Å². The van der Waals surface area contributed by atoms with Crippen molar-refractivity contribution in [3.8, 4) is 0 Å². The number of hydrogen-bond acceptors (Lipinski definition) is 3. The van der Waals surface area contributed by atoms with Crippen LogP contribution in [0.15, 0.2) is 48.5 Å². The fourth-order valence-corrected chi connectivity index (χ4v) is 4.63. The Labute approximate surface area is 152 Å². The van der Waals surface area contributed by atoms with E-state index in [2.05, 4.69) is 5.32 Å². The van der Waals surface area contributed by atoms with Crippen molar-refractivity contribution in [1.82, 2.24) is 0 Å². The van der Waals surface area contributed by atoms with Gasteiger partial charge >= 0.3 is 0 Å². The van der Waals surface area contributed by atoms with Crippen LogP contribution in [0.2, 0.25) is 5.02 Å². The first-order chi connectivity index (χ1) is 12.0. The molecule has 1 saturated heterocycles. The molecule has 0 atom stereocenters. The van der Waals surface area contributed by atoms with Crippen molar-refractivity contribution >= 4 is 38.9 Å².